The van der Waals surface area contributed by atoms with Gasteiger partial charge in [0.1, 0.15) is 16.6 Å². The third-order valence-electron chi connectivity index (χ3n) is 3.08. The van der Waals surface area contributed by atoms with E-state index in [4.69, 9.17) is 13.9 Å². The second-order valence-corrected chi connectivity index (χ2v) is 4.10. The predicted molar refractivity (Wildman–Crippen MR) is 66.1 cm³/mol. The molecule has 0 radical (unpaired) electrons. The summed E-state index contributed by atoms with van der Waals surface area (Å²) in [6, 6.07) is 10.7. The first-order valence-electron chi connectivity index (χ1n) is 5.59. The summed E-state index contributed by atoms with van der Waals surface area (Å²) in [7, 11) is 0. The minimum absolute atomic E-state index is 0.0887. The van der Waals surface area contributed by atoms with Crippen molar-refractivity contribution in [2.24, 2.45) is 0 Å². The molecule has 0 aliphatic carbocycles. The van der Waals surface area contributed by atoms with Crippen LogP contribution in [0.1, 0.15) is 0 Å². The van der Waals surface area contributed by atoms with Crippen LogP contribution in [0.25, 0.3) is 21.9 Å². The molecule has 3 aromatic rings. The Labute approximate surface area is 101 Å². The standard InChI is InChI=1S/C14H8O4/c15-13-8-3-1-2-4-9(8)18-10-5-6-11-14(12(10)13)17-7-16-11/h1-6H,7H2. The molecule has 0 amide bonds. The Morgan fingerprint density at radius 2 is 1.83 bits per heavy atom. The summed E-state index contributed by atoms with van der Waals surface area (Å²) in [4.78, 5) is 12.5. The molecule has 2 heterocycles. The van der Waals surface area contributed by atoms with Crippen LogP contribution in [0.3, 0.4) is 0 Å². The lowest BCUT2D eigenvalue weighted by Crippen LogP contribution is -2.03. The van der Waals surface area contributed by atoms with E-state index in [-0.39, 0.29) is 12.2 Å². The summed E-state index contributed by atoms with van der Waals surface area (Å²) in [5, 5.41) is 0.998. The van der Waals surface area contributed by atoms with E-state index >= 15 is 0 Å². The van der Waals surface area contributed by atoms with Crippen LogP contribution in [-0.4, -0.2) is 6.79 Å². The van der Waals surface area contributed by atoms with E-state index in [0.717, 1.165) is 0 Å². The summed E-state index contributed by atoms with van der Waals surface area (Å²) in [6.45, 7) is 0.140. The van der Waals surface area contributed by atoms with Gasteiger partial charge >= 0.3 is 0 Å². The molecule has 0 unspecified atom stereocenters. The van der Waals surface area contributed by atoms with Crippen LogP contribution >= 0.6 is 0 Å². The van der Waals surface area contributed by atoms with E-state index < -0.39 is 0 Å². The SMILES string of the molecule is O=c1c2ccccc2oc2ccc3c(c12)OCO3. The normalized spacial score (nSPS) is 13.3. The van der Waals surface area contributed by atoms with Crippen molar-refractivity contribution in [1.29, 1.82) is 0 Å². The number of benzene rings is 2. The number of hydrogen-bond acceptors (Lipinski definition) is 4. The number of fused-ring (bicyclic) bond motifs is 4. The first-order valence-corrected chi connectivity index (χ1v) is 5.59. The zero-order chi connectivity index (χ0) is 12.1. The number of rotatable bonds is 0. The van der Waals surface area contributed by atoms with Gasteiger partial charge in [-0.2, -0.15) is 0 Å². The largest absolute Gasteiger partial charge is 0.456 e. The first-order chi connectivity index (χ1) is 8.84. The minimum Gasteiger partial charge on any atom is -0.456 e. The van der Waals surface area contributed by atoms with Crippen LogP contribution in [-0.2, 0) is 0 Å². The van der Waals surface area contributed by atoms with E-state index in [1.165, 1.54) is 0 Å². The number of hydrogen-bond donors (Lipinski definition) is 0. The van der Waals surface area contributed by atoms with Gasteiger partial charge in [-0.15, -0.1) is 0 Å². The minimum atomic E-state index is -0.0887. The smallest absolute Gasteiger partial charge is 0.231 e. The molecule has 1 aliphatic rings. The number of ether oxygens (including phenoxy) is 2. The van der Waals surface area contributed by atoms with E-state index in [0.29, 0.717) is 33.4 Å². The molecular weight excluding hydrogens is 232 g/mol. The number of para-hydroxylation sites is 1. The van der Waals surface area contributed by atoms with Gasteiger partial charge in [-0.1, -0.05) is 12.1 Å². The Morgan fingerprint density at radius 3 is 2.78 bits per heavy atom. The van der Waals surface area contributed by atoms with Gasteiger partial charge in [0.15, 0.2) is 11.5 Å². The maximum atomic E-state index is 12.5. The topological polar surface area (TPSA) is 48.7 Å². The molecule has 0 spiro atoms. The van der Waals surface area contributed by atoms with Crippen LogP contribution in [0.2, 0.25) is 0 Å². The lowest BCUT2D eigenvalue weighted by molar-refractivity contribution is 0.175. The van der Waals surface area contributed by atoms with Crippen LogP contribution in [0.4, 0.5) is 0 Å². The third-order valence-corrected chi connectivity index (χ3v) is 3.08. The second-order valence-electron chi connectivity index (χ2n) is 4.10. The molecule has 4 rings (SSSR count). The Hall–Kier alpha value is -2.49. The molecule has 0 bridgehead atoms. The van der Waals surface area contributed by atoms with Gasteiger partial charge in [-0.05, 0) is 24.3 Å². The van der Waals surface area contributed by atoms with Gasteiger partial charge in [-0.25, -0.2) is 0 Å². The van der Waals surface area contributed by atoms with Crippen molar-refractivity contribution in [2.45, 2.75) is 0 Å². The van der Waals surface area contributed by atoms with Gasteiger partial charge in [-0.3, -0.25) is 4.79 Å². The Morgan fingerprint density at radius 1 is 0.944 bits per heavy atom. The van der Waals surface area contributed by atoms with Crippen molar-refractivity contribution in [2.75, 3.05) is 6.79 Å². The molecule has 1 aliphatic heterocycles. The first kappa shape index (κ1) is 9.53. The van der Waals surface area contributed by atoms with Crippen molar-refractivity contribution in [3.8, 4) is 11.5 Å². The summed E-state index contributed by atoms with van der Waals surface area (Å²) in [6.07, 6.45) is 0. The fourth-order valence-electron chi connectivity index (χ4n) is 2.25. The molecule has 0 fully saturated rings. The van der Waals surface area contributed by atoms with Crippen molar-refractivity contribution in [3.05, 3.63) is 46.6 Å². The van der Waals surface area contributed by atoms with E-state index in [9.17, 15) is 4.79 Å². The fourth-order valence-corrected chi connectivity index (χ4v) is 2.25. The maximum Gasteiger partial charge on any atom is 0.231 e. The summed E-state index contributed by atoms with van der Waals surface area (Å²) in [5.74, 6) is 1.07. The average Bonchev–Trinajstić information content (AvgIpc) is 2.87. The summed E-state index contributed by atoms with van der Waals surface area (Å²) < 4.78 is 16.3. The quantitative estimate of drug-likeness (QED) is 0.567. The zero-order valence-electron chi connectivity index (χ0n) is 9.30. The highest BCUT2D eigenvalue weighted by Crippen LogP contribution is 2.38. The van der Waals surface area contributed by atoms with Gasteiger partial charge in [0.2, 0.25) is 12.2 Å². The molecule has 2 aromatic carbocycles. The molecule has 0 N–H and O–H groups in total. The summed E-state index contributed by atoms with van der Waals surface area (Å²) in [5.41, 5.74) is 1.01. The molecule has 0 saturated heterocycles. The zero-order valence-corrected chi connectivity index (χ0v) is 9.30. The summed E-state index contributed by atoms with van der Waals surface area (Å²) >= 11 is 0. The van der Waals surface area contributed by atoms with Crippen molar-refractivity contribution >= 4 is 21.9 Å². The molecule has 18 heavy (non-hydrogen) atoms. The highest BCUT2D eigenvalue weighted by molar-refractivity contribution is 5.94. The van der Waals surface area contributed by atoms with Gasteiger partial charge in [0.25, 0.3) is 0 Å². The van der Waals surface area contributed by atoms with Crippen molar-refractivity contribution < 1.29 is 13.9 Å². The molecule has 0 saturated carbocycles. The van der Waals surface area contributed by atoms with Crippen LogP contribution < -0.4 is 14.9 Å². The Kier molecular flexibility index (Phi) is 1.73. The van der Waals surface area contributed by atoms with E-state index in [1.807, 2.05) is 12.1 Å². The molecule has 88 valence electrons. The fraction of sp³-hybridized carbons (Fsp3) is 0.0714. The highest BCUT2D eigenvalue weighted by atomic mass is 16.7. The van der Waals surface area contributed by atoms with Crippen molar-refractivity contribution in [3.63, 3.8) is 0 Å². The lowest BCUT2D eigenvalue weighted by Gasteiger charge is -2.03. The molecule has 1 aromatic heterocycles. The Bertz CT molecular complexity index is 832. The molecule has 0 atom stereocenters. The third kappa shape index (κ3) is 1.12. The highest BCUT2D eigenvalue weighted by Gasteiger charge is 2.21. The second kappa shape index (κ2) is 3.26. The van der Waals surface area contributed by atoms with Gasteiger partial charge < -0.3 is 13.9 Å². The monoisotopic (exact) mass is 240 g/mol. The lowest BCUT2D eigenvalue weighted by atomic mass is 10.1. The van der Waals surface area contributed by atoms with Gasteiger partial charge in [0, 0.05) is 0 Å². The predicted octanol–water partition coefficient (Wildman–Crippen LogP) is 2.67. The maximum absolute atomic E-state index is 12.5. The average molecular weight is 240 g/mol. The molecular formula is C14H8O4. The van der Waals surface area contributed by atoms with Crippen molar-refractivity contribution in [1.82, 2.24) is 0 Å². The Balaban J connectivity index is 2.28. The van der Waals surface area contributed by atoms with Crippen LogP contribution in [0.15, 0.2) is 45.6 Å². The molecule has 4 nitrogen and oxygen atoms in total. The molecule has 4 heteroatoms. The van der Waals surface area contributed by atoms with E-state index in [2.05, 4.69) is 0 Å². The van der Waals surface area contributed by atoms with E-state index in [1.54, 1.807) is 24.3 Å². The van der Waals surface area contributed by atoms with Gasteiger partial charge in [0.05, 0.1) is 5.39 Å². The van der Waals surface area contributed by atoms with Crippen LogP contribution in [0.5, 0.6) is 11.5 Å². The van der Waals surface area contributed by atoms with Crippen LogP contribution in [0, 0.1) is 0 Å².